The Labute approximate surface area is 366 Å². The Balaban J connectivity index is 0.000000164. The minimum Gasteiger partial charge on any atom is -0.386 e. The fourth-order valence-corrected chi connectivity index (χ4v) is 8.79. The summed E-state index contributed by atoms with van der Waals surface area (Å²) in [6.45, 7) is 16.3. The number of hydrogen-bond acceptors (Lipinski definition) is 10. The van der Waals surface area contributed by atoms with Gasteiger partial charge in [-0.2, -0.15) is 15.5 Å². The molecule has 8 rings (SSSR count). The number of anilines is 1. The number of rotatable bonds is 10. The number of nitriles is 1. The van der Waals surface area contributed by atoms with Crippen molar-refractivity contribution in [1.82, 2.24) is 45.2 Å². The average Bonchev–Trinajstić information content (AvgIpc) is 3.94. The third-order valence-corrected chi connectivity index (χ3v) is 12.4. The summed E-state index contributed by atoms with van der Waals surface area (Å²) >= 11 is 0. The molecule has 2 amide bonds. The van der Waals surface area contributed by atoms with E-state index in [2.05, 4.69) is 67.4 Å². The number of carbonyl (C=O) groups is 2. The lowest BCUT2D eigenvalue weighted by atomic mass is 9.96. The van der Waals surface area contributed by atoms with Gasteiger partial charge in [0.2, 0.25) is 5.91 Å². The van der Waals surface area contributed by atoms with Crippen LogP contribution in [0.4, 0.5) is 5.69 Å². The SMILES string of the molecule is C=CCCC(C(=O)NC)c1cc(C)c(N2CCC(N3CCNCC3)CC2)cn1.CC(C)(O)c1ccc2cn(C3CCCCC3)nc2c1.CNC(=O)c1ccc2cc(C#N)cnn12. The second kappa shape index (κ2) is 21.4. The maximum atomic E-state index is 12.3. The van der Waals surface area contributed by atoms with Crippen LogP contribution in [0.5, 0.6) is 0 Å². The molecule has 4 aromatic heterocycles. The number of aromatic nitrogens is 5. The van der Waals surface area contributed by atoms with Crippen LogP contribution in [0.2, 0.25) is 0 Å². The van der Waals surface area contributed by atoms with Gasteiger partial charge in [-0.15, -0.1) is 6.58 Å². The lowest BCUT2D eigenvalue weighted by molar-refractivity contribution is -0.122. The molecular formula is C48H65N11O3. The number of nitrogens with zero attached hydrogens (tertiary/aromatic N) is 8. The summed E-state index contributed by atoms with van der Waals surface area (Å²) < 4.78 is 3.64. The second-order valence-corrected chi connectivity index (χ2v) is 17.2. The number of allylic oxidation sites excluding steroid dienone is 1. The van der Waals surface area contributed by atoms with Crippen molar-refractivity contribution in [3.63, 3.8) is 0 Å². The zero-order chi connectivity index (χ0) is 44.2. The average molecular weight is 844 g/mol. The third-order valence-electron chi connectivity index (χ3n) is 12.4. The molecule has 330 valence electrons. The van der Waals surface area contributed by atoms with Gasteiger partial charge in [-0.05, 0) is 101 Å². The number of aliphatic hydroxyl groups is 1. The van der Waals surface area contributed by atoms with Gasteiger partial charge in [0.1, 0.15) is 11.8 Å². The number of aryl methyl sites for hydroxylation is 1. The number of fused-ring (bicyclic) bond motifs is 2. The zero-order valence-corrected chi connectivity index (χ0v) is 37.2. The molecule has 0 spiro atoms. The number of hydrogen-bond donors (Lipinski definition) is 4. The summed E-state index contributed by atoms with van der Waals surface area (Å²) in [6.07, 6.45) is 17.9. The van der Waals surface area contributed by atoms with Gasteiger partial charge in [-0.1, -0.05) is 37.5 Å². The fraction of sp³-hybridized carbons (Fsp3) is 0.500. The molecule has 2 saturated heterocycles. The minimum atomic E-state index is -0.803. The third kappa shape index (κ3) is 11.4. The van der Waals surface area contributed by atoms with E-state index in [1.165, 1.54) is 85.4 Å². The molecule has 62 heavy (non-hydrogen) atoms. The molecule has 3 fully saturated rings. The molecule has 0 bridgehead atoms. The molecule has 1 aromatic carbocycles. The van der Waals surface area contributed by atoms with E-state index in [0.29, 0.717) is 23.3 Å². The number of piperazine rings is 1. The molecule has 1 aliphatic carbocycles. The predicted octanol–water partition coefficient (Wildman–Crippen LogP) is 6.39. The van der Waals surface area contributed by atoms with Crippen molar-refractivity contribution < 1.29 is 14.7 Å². The Hall–Kier alpha value is -5.62. The summed E-state index contributed by atoms with van der Waals surface area (Å²) in [5.41, 5.74) is 6.05. The van der Waals surface area contributed by atoms with E-state index in [-0.39, 0.29) is 17.7 Å². The predicted molar refractivity (Wildman–Crippen MR) is 245 cm³/mol. The highest BCUT2D eigenvalue weighted by molar-refractivity contribution is 5.93. The number of pyridine rings is 1. The van der Waals surface area contributed by atoms with Crippen LogP contribution in [0.15, 0.2) is 73.7 Å². The van der Waals surface area contributed by atoms with Gasteiger partial charge in [-0.25, -0.2) is 4.52 Å². The normalized spacial score (nSPS) is 17.0. The quantitative estimate of drug-likeness (QED) is 0.116. The van der Waals surface area contributed by atoms with E-state index in [1.807, 2.05) is 44.3 Å². The fourth-order valence-electron chi connectivity index (χ4n) is 8.79. The number of piperidine rings is 1. The van der Waals surface area contributed by atoms with Crippen molar-refractivity contribution in [2.24, 2.45) is 0 Å². The smallest absolute Gasteiger partial charge is 0.269 e. The Kier molecular flexibility index (Phi) is 15.9. The van der Waals surface area contributed by atoms with Gasteiger partial charge in [0.15, 0.2) is 0 Å². The molecule has 0 radical (unpaired) electrons. The van der Waals surface area contributed by atoms with E-state index in [0.717, 1.165) is 61.3 Å². The largest absolute Gasteiger partial charge is 0.386 e. The van der Waals surface area contributed by atoms with Gasteiger partial charge >= 0.3 is 0 Å². The van der Waals surface area contributed by atoms with E-state index < -0.39 is 5.60 Å². The van der Waals surface area contributed by atoms with Crippen molar-refractivity contribution in [3.05, 3.63) is 102 Å². The lowest BCUT2D eigenvalue weighted by Gasteiger charge is -2.41. The molecule has 2 aliphatic heterocycles. The molecule has 1 unspecified atom stereocenters. The molecule has 14 nitrogen and oxygen atoms in total. The second-order valence-electron chi connectivity index (χ2n) is 17.2. The van der Waals surface area contributed by atoms with Crippen LogP contribution in [0, 0.1) is 18.3 Å². The maximum absolute atomic E-state index is 12.3. The standard InChI is InChI=1S/C22H35N5O.C16H22N2O.C10H8N4O/c1-4-5-6-19(22(28)23-3)20-15-17(2)21(16-25-20)27-11-7-18(8-12-27)26-13-9-24-10-14-26;1-16(2,19)13-9-8-12-11-18(17-15(12)10-13)14-6-4-3-5-7-14;1-12-10(15)9-3-2-8-4-7(5-11)6-13-14(8)9/h4,15-16,18-19,24H,1,5-14H2,2-3H3,(H,23,28);8-11,14,19H,3-7H2,1-2H3;2-4,6H,1H3,(H,12,15). The first-order chi connectivity index (χ1) is 29.9. The summed E-state index contributed by atoms with van der Waals surface area (Å²) in [7, 11) is 3.25. The number of carbonyl (C=O) groups excluding carboxylic acids is 2. The van der Waals surface area contributed by atoms with E-state index in [4.69, 9.17) is 15.3 Å². The van der Waals surface area contributed by atoms with Crippen LogP contribution >= 0.6 is 0 Å². The van der Waals surface area contributed by atoms with Crippen molar-refractivity contribution >= 4 is 33.9 Å². The molecule has 1 saturated carbocycles. The summed E-state index contributed by atoms with van der Waals surface area (Å²) in [6, 6.07) is 16.5. The van der Waals surface area contributed by atoms with Gasteiger partial charge < -0.3 is 26.0 Å². The highest BCUT2D eigenvalue weighted by Crippen LogP contribution is 2.31. The molecule has 3 aliphatic rings. The molecule has 6 heterocycles. The van der Waals surface area contributed by atoms with Crippen molar-refractivity contribution in [2.75, 3.05) is 58.3 Å². The van der Waals surface area contributed by atoms with Crippen LogP contribution < -0.4 is 20.9 Å². The first-order valence-electron chi connectivity index (χ1n) is 22.2. The zero-order valence-electron chi connectivity index (χ0n) is 37.2. The van der Waals surface area contributed by atoms with Crippen molar-refractivity contribution in [1.29, 1.82) is 5.26 Å². The van der Waals surface area contributed by atoms with Crippen LogP contribution in [0.1, 0.15) is 116 Å². The number of likely N-dealkylation sites (N-methyl/N-ethyl adjacent to an activating group) is 1. The van der Waals surface area contributed by atoms with Crippen LogP contribution in [0.25, 0.3) is 16.4 Å². The number of benzene rings is 1. The van der Waals surface area contributed by atoms with Gasteiger partial charge in [-0.3, -0.25) is 24.2 Å². The van der Waals surface area contributed by atoms with Crippen molar-refractivity contribution in [2.45, 2.75) is 102 Å². The maximum Gasteiger partial charge on any atom is 0.269 e. The first kappa shape index (κ1) is 45.9. The molecule has 1 atom stereocenters. The molecule has 4 N–H and O–H groups in total. The topological polar surface area (TPSA) is 169 Å². The minimum absolute atomic E-state index is 0.0262. The highest BCUT2D eigenvalue weighted by Gasteiger charge is 2.27. The molecule has 14 heteroatoms. The lowest BCUT2D eigenvalue weighted by Crippen LogP contribution is -2.52. The summed E-state index contributed by atoms with van der Waals surface area (Å²) in [5.74, 6) is -0.389. The van der Waals surface area contributed by atoms with Crippen LogP contribution in [-0.4, -0.2) is 106 Å². The Morgan fingerprint density at radius 1 is 0.984 bits per heavy atom. The van der Waals surface area contributed by atoms with Gasteiger partial charge in [0, 0.05) is 71.0 Å². The van der Waals surface area contributed by atoms with E-state index >= 15 is 0 Å². The van der Waals surface area contributed by atoms with E-state index in [9.17, 15) is 14.7 Å². The van der Waals surface area contributed by atoms with E-state index in [1.54, 1.807) is 32.3 Å². The molecular weight excluding hydrogens is 779 g/mol. The van der Waals surface area contributed by atoms with Crippen molar-refractivity contribution in [3.8, 4) is 6.07 Å². The van der Waals surface area contributed by atoms with Crippen LogP contribution in [0.3, 0.4) is 0 Å². The van der Waals surface area contributed by atoms with Gasteiger partial charge in [0.25, 0.3) is 5.91 Å². The number of nitrogens with one attached hydrogen (secondary N) is 3. The highest BCUT2D eigenvalue weighted by atomic mass is 16.3. The Bertz CT molecular complexity index is 2320. The monoisotopic (exact) mass is 844 g/mol. The Morgan fingerprint density at radius 2 is 1.73 bits per heavy atom. The first-order valence-corrected chi connectivity index (χ1v) is 22.2. The van der Waals surface area contributed by atoms with Gasteiger partial charge in [0.05, 0.1) is 57.9 Å². The Morgan fingerprint density at radius 3 is 2.37 bits per heavy atom. The van der Waals surface area contributed by atoms with Crippen LogP contribution in [-0.2, 0) is 10.4 Å². The number of amides is 2. The molecule has 5 aromatic rings. The summed E-state index contributed by atoms with van der Waals surface area (Å²) in [5, 5.41) is 37.4. The summed E-state index contributed by atoms with van der Waals surface area (Å²) in [4.78, 5) is 33.5.